The van der Waals surface area contributed by atoms with Crippen molar-refractivity contribution in [2.24, 2.45) is 0 Å². The zero-order valence-electron chi connectivity index (χ0n) is 14.1. The van der Waals surface area contributed by atoms with E-state index in [1.807, 2.05) is 19.9 Å². The van der Waals surface area contributed by atoms with E-state index in [9.17, 15) is 9.59 Å². The smallest absolute Gasteiger partial charge is 0.257 e. The molecule has 3 aromatic rings. The molecule has 2 amide bonds. The van der Waals surface area contributed by atoms with Crippen LogP contribution in [0.25, 0.3) is 10.2 Å². The Morgan fingerprint density at radius 2 is 1.84 bits per heavy atom. The third-order valence-electron chi connectivity index (χ3n) is 3.74. The van der Waals surface area contributed by atoms with Crippen molar-refractivity contribution in [1.29, 1.82) is 0 Å². The molecular formula is C18H17N3O2S2. The van der Waals surface area contributed by atoms with Crippen LogP contribution in [0.15, 0.2) is 35.4 Å². The molecule has 0 bridgehead atoms. The lowest BCUT2D eigenvalue weighted by atomic mass is 10.2. The number of amides is 2. The lowest BCUT2D eigenvalue weighted by Gasteiger charge is -2.06. The minimum absolute atomic E-state index is 0.123. The summed E-state index contributed by atoms with van der Waals surface area (Å²) in [6.45, 7) is 5.93. The number of fused-ring (bicyclic) bond motifs is 1. The van der Waals surface area contributed by atoms with E-state index in [-0.39, 0.29) is 11.7 Å². The van der Waals surface area contributed by atoms with Gasteiger partial charge in [0.05, 0.1) is 5.75 Å². The number of rotatable bonds is 4. The van der Waals surface area contributed by atoms with E-state index in [0.717, 1.165) is 20.8 Å². The quantitative estimate of drug-likeness (QED) is 0.560. The van der Waals surface area contributed by atoms with Crippen molar-refractivity contribution < 1.29 is 9.59 Å². The first-order valence-electron chi connectivity index (χ1n) is 7.72. The Labute approximate surface area is 153 Å². The highest BCUT2D eigenvalue weighted by Crippen LogP contribution is 2.34. The van der Waals surface area contributed by atoms with Crippen molar-refractivity contribution >= 4 is 45.1 Å². The fourth-order valence-corrected chi connectivity index (χ4v) is 4.45. The summed E-state index contributed by atoms with van der Waals surface area (Å²) >= 11 is 2.96. The summed E-state index contributed by atoms with van der Waals surface area (Å²) in [6.07, 6.45) is 0. The summed E-state index contributed by atoms with van der Waals surface area (Å²) in [7, 11) is 0. The molecule has 3 rings (SSSR count). The number of thiophene rings is 1. The highest BCUT2D eigenvalue weighted by Gasteiger charge is 2.16. The Bertz CT molecular complexity index is 952. The van der Waals surface area contributed by atoms with Gasteiger partial charge in [-0.1, -0.05) is 30.0 Å². The number of carbonyl (C=O) groups is 2. The maximum Gasteiger partial charge on any atom is 0.257 e. The number of aryl methyl sites for hydroxylation is 3. The van der Waals surface area contributed by atoms with Crippen LogP contribution in [-0.4, -0.2) is 27.5 Å². The Kier molecular flexibility index (Phi) is 5.15. The topological polar surface area (TPSA) is 72.0 Å². The molecule has 0 unspecified atom stereocenters. The average Bonchev–Trinajstić information content (AvgIpc) is 2.87. The van der Waals surface area contributed by atoms with Crippen molar-refractivity contribution in [3.8, 4) is 0 Å². The SMILES string of the molecule is Cc1nc(SCC(=O)NC(=O)c2ccccc2)c2c(C)c(C)sc2n1. The van der Waals surface area contributed by atoms with Gasteiger partial charge in [0.25, 0.3) is 5.91 Å². The van der Waals surface area contributed by atoms with Crippen molar-refractivity contribution in [2.45, 2.75) is 25.8 Å². The van der Waals surface area contributed by atoms with Crippen molar-refractivity contribution in [3.63, 3.8) is 0 Å². The van der Waals surface area contributed by atoms with E-state index in [1.54, 1.807) is 35.6 Å². The number of thioether (sulfide) groups is 1. The maximum absolute atomic E-state index is 12.1. The van der Waals surface area contributed by atoms with Gasteiger partial charge in [0, 0.05) is 15.8 Å². The number of imide groups is 1. The summed E-state index contributed by atoms with van der Waals surface area (Å²) in [4.78, 5) is 35.2. The van der Waals surface area contributed by atoms with Crippen molar-refractivity contribution in [2.75, 3.05) is 5.75 Å². The van der Waals surface area contributed by atoms with E-state index in [1.165, 1.54) is 16.6 Å². The zero-order chi connectivity index (χ0) is 18.0. The molecule has 0 saturated heterocycles. The number of benzene rings is 1. The lowest BCUT2D eigenvalue weighted by molar-refractivity contribution is -0.117. The van der Waals surface area contributed by atoms with Gasteiger partial charge in [0.15, 0.2) is 0 Å². The van der Waals surface area contributed by atoms with Crippen LogP contribution in [0.2, 0.25) is 0 Å². The summed E-state index contributed by atoms with van der Waals surface area (Å²) < 4.78 is 0. The molecule has 0 fully saturated rings. The minimum Gasteiger partial charge on any atom is -0.292 e. The lowest BCUT2D eigenvalue weighted by Crippen LogP contribution is -2.31. The van der Waals surface area contributed by atoms with Crippen LogP contribution in [0, 0.1) is 20.8 Å². The molecule has 1 N–H and O–H groups in total. The van der Waals surface area contributed by atoms with Crippen LogP contribution in [0.1, 0.15) is 26.6 Å². The molecule has 128 valence electrons. The molecule has 0 aliphatic carbocycles. The molecule has 25 heavy (non-hydrogen) atoms. The molecule has 0 aliphatic rings. The van der Waals surface area contributed by atoms with Crippen molar-refractivity contribution in [1.82, 2.24) is 15.3 Å². The van der Waals surface area contributed by atoms with Gasteiger partial charge in [-0.3, -0.25) is 14.9 Å². The van der Waals surface area contributed by atoms with E-state index in [2.05, 4.69) is 22.2 Å². The summed E-state index contributed by atoms with van der Waals surface area (Å²) in [6, 6.07) is 8.68. The van der Waals surface area contributed by atoms with Gasteiger partial charge in [0.1, 0.15) is 15.7 Å². The second kappa shape index (κ2) is 7.33. The van der Waals surface area contributed by atoms with Gasteiger partial charge in [-0.25, -0.2) is 9.97 Å². The van der Waals surface area contributed by atoms with Gasteiger partial charge in [-0.15, -0.1) is 11.3 Å². The van der Waals surface area contributed by atoms with E-state index >= 15 is 0 Å². The molecule has 0 aliphatic heterocycles. The van der Waals surface area contributed by atoms with Crippen LogP contribution in [-0.2, 0) is 4.79 Å². The Morgan fingerprint density at radius 3 is 2.56 bits per heavy atom. The third kappa shape index (κ3) is 3.88. The van der Waals surface area contributed by atoms with E-state index in [4.69, 9.17) is 0 Å². The predicted molar refractivity (Wildman–Crippen MR) is 101 cm³/mol. The molecule has 7 heteroatoms. The van der Waals surface area contributed by atoms with Gasteiger partial charge in [0.2, 0.25) is 5.91 Å². The van der Waals surface area contributed by atoms with Crippen LogP contribution in [0.5, 0.6) is 0 Å². The second-order valence-electron chi connectivity index (χ2n) is 5.57. The summed E-state index contributed by atoms with van der Waals surface area (Å²) in [5, 5.41) is 4.19. The monoisotopic (exact) mass is 371 g/mol. The highest BCUT2D eigenvalue weighted by molar-refractivity contribution is 8.00. The zero-order valence-corrected chi connectivity index (χ0v) is 15.8. The number of aromatic nitrogens is 2. The van der Waals surface area contributed by atoms with Crippen LogP contribution in [0.4, 0.5) is 0 Å². The van der Waals surface area contributed by atoms with Gasteiger partial charge < -0.3 is 0 Å². The number of hydrogen-bond acceptors (Lipinski definition) is 6. The first-order chi connectivity index (χ1) is 12.0. The molecule has 2 heterocycles. The molecule has 0 atom stereocenters. The molecule has 2 aromatic heterocycles. The molecule has 0 radical (unpaired) electrons. The summed E-state index contributed by atoms with van der Waals surface area (Å²) in [5.74, 6) is 0.0704. The third-order valence-corrected chi connectivity index (χ3v) is 5.81. The molecule has 1 aromatic carbocycles. The average molecular weight is 371 g/mol. The number of nitrogens with one attached hydrogen (secondary N) is 1. The van der Waals surface area contributed by atoms with E-state index in [0.29, 0.717) is 11.4 Å². The number of hydrogen-bond donors (Lipinski definition) is 1. The van der Waals surface area contributed by atoms with Crippen molar-refractivity contribution in [3.05, 3.63) is 52.2 Å². The first-order valence-corrected chi connectivity index (χ1v) is 9.52. The second-order valence-corrected chi connectivity index (χ2v) is 7.74. The van der Waals surface area contributed by atoms with Gasteiger partial charge in [-0.05, 0) is 38.5 Å². The maximum atomic E-state index is 12.1. The number of nitrogens with zero attached hydrogens (tertiary/aromatic N) is 2. The summed E-state index contributed by atoms with van der Waals surface area (Å²) in [5.41, 5.74) is 1.61. The number of carbonyl (C=O) groups excluding carboxylic acids is 2. The normalized spacial score (nSPS) is 10.8. The Morgan fingerprint density at radius 1 is 1.12 bits per heavy atom. The highest BCUT2D eigenvalue weighted by atomic mass is 32.2. The van der Waals surface area contributed by atoms with Gasteiger partial charge >= 0.3 is 0 Å². The fourth-order valence-electron chi connectivity index (χ4n) is 2.38. The molecule has 0 spiro atoms. The standard InChI is InChI=1S/C18H17N3O2S2/c1-10-11(2)25-18-15(10)17(19-12(3)20-18)24-9-14(22)21-16(23)13-7-5-4-6-8-13/h4-8H,9H2,1-3H3,(H,21,22,23). The molecule has 0 saturated carbocycles. The van der Waals surface area contributed by atoms with Crippen LogP contribution in [0.3, 0.4) is 0 Å². The fraction of sp³-hybridized carbons (Fsp3) is 0.222. The molecular weight excluding hydrogens is 354 g/mol. The van der Waals surface area contributed by atoms with Crippen LogP contribution < -0.4 is 5.32 Å². The van der Waals surface area contributed by atoms with Gasteiger partial charge in [-0.2, -0.15) is 0 Å². The Balaban J connectivity index is 1.72. The first kappa shape index (κ1) is 17.6. The Hall–Kier alpha value is -2.25. The predicted octanol–water partition coefficient (Wildman–Crippen LogP) is 3.67. The largest absolute Gasteiger partial charge is 0.292 e. The molecule has 5 nitrogen and oxygen atoms in total. The minimum atomic E-state index is -0.391. The van der Waals surface area contributed by atoms with E-state index < -0.39 is 5.91 Å². The van der Waals surface area contributed by atoms with Crippen LogP contribution >= 0.6 is 23.1 Å².